The Hall–Kier alpha value is -3.00. The van der Waals surface area contributed by atoms with Gasteiger partial charge < -0.3 is 19.0 Å². The van der Waals surface area contributed by atoms with E-state index in [0.29, 0.717) is 18.1 Å². The Morgan fingerprint density at radius 1 is 1.26 bits per heavy atom. The maximum Gasteiger partial charge on any atom is 0.287 e. The number of pyridine rings is 1. The summed E-state index contributed by atoms with van der Waals surface area (Å²) >= 11 is 0. The SMILES string of the molecule is COCc1ccc(C(=O)NC2CCc3nnc(-c4ccncc4)n3CC2)o1. The average Bonchev–Trinajstić information content (AvgIpc) is 3.27. The van der Waals surface area contributed by atoms with Gasteiger partial charge in [0.25, 0.3) is 5.91 Å². The maximum absolute atomic E-state index is 12.5. The van der Waals surface area contributed by atoms with Crippen LogP contribution in [0.15, 0.2) is 41.1 Å². The van der Waals surface area contributed by atoms with Gasteiger partial charge in [0.15, 0.2) is 11.6 Å². The van der Waals surface area contributed by atoms with Crippen LogP contribution < -0.4 is 5.32 Å². The van der Waals surface area contributed by atoms with Gasteiger partial charge in [0.05, 0.1) is 0 Å². The number of nitrogens with one attached hydrogen (secondary N) is 1. The molecule has 1 atom stereocenters. The van der Waals surface area contributed by atoms with Crippen molar-refractivity contribution in [2.24, 2.45) is 0 Å². The van der Waals surface area contributed by atoms with Gasteiger partial charge in [-0.2, -0.15) is 0 Å². The molecule has 4 rings (SSSR count). The zero-order valence-electron chi connectivity index (χ0n) is 15.1. The number of nitrogens with zero attached hydrogens (tertiary/aromatic N) is 4. The van der Waals surface area contributed by atoms with E-state index in [0.717, 1.165) is 43.0 Å². The van der Waals surface area contributed by atoms with Crippen LogP contribution in [0.5, 0.6) is 0 Å². The second kappa shape index (κ2) is 7.71. The van der Waals surface area contributed by atoms with Gasteiger partial charge in [-0.1, -0.05) is 0 Å². The lowest BCUT2D eigenvalue weighted by molar-refractivity contribution is 0.0896. The third-order valence-corrected chi connectivity index (χ3v) is 4.69. The van der Waals surface area contributed by atoms with Crippen molar-refractivity contribution >= 4 is 5.91 Å². The van der Waals surface area contributed by atoms with Gasteiger partial charge >= 0.3 is 0 Å². The molecule has 0 saturated carbocycles. The number of methoxy groups -OCH3 is 1. The highest BCUT2D eigenvalue weighted by atomic mass is 16.5. The lowest BCUT2D eigenvalue weighted by atomic mass is 10.1. The summed E-state index contributed by atoms with van der Waals surface area (Å²) in [5.74, 6) is 2.53. The van der Waals surface area contributed by atoms with Crippen LogP contribution in [-0.2, 0) is 24.3 Å². The normalized spacial score (nSPS) is 16.6. The lowest BCUT2D eigenvalue weighted by Crippen LogP contribution is -2.35. The van der Waals surface area contributed by atoms with Crippen LogP contribution in [-0.4, -0.2) is 38.8 Å². The lowest BCUT2D eigenvalue weighted by Gasteiger charge is -2.15. The molecule has 8 nitrogen and oxygen atoms in total. The molecule has 1 amide bonds. The highest BCUT2D eigenvalue weighted by Gasteiger charge is 2.23. The Bertz CT molecular complexity index is 919. The Morgan fingerprint density at radius 3 is 2.93 bits per heavy atom. The summed E-state index contributed by atoms with van der Waals surface area (Å²) in [5, 5.41) is 11.7. The maximum atomic E-state index is 12.5. The van der Waals surface area contributed by atoms with Crippen LogP contribution in [0.1, 0.15) is 35.0 Å². The monoisotopic (exact) mass is 367 g/mol. The molecule has 0 saturated heterocycles. The summed E-state index contributed by atoms with van der Waals surface area (Å²) in [7, 11) is 1.59. The minimum atomic E-state index is -0.200. The quantitative estimate of drug-likeness (QED) is 0.743. The minimum Gasteiger partial charge on any atom is -0.453 e. The van der Waals surface area contributed by atoms with Gasteiger partial charge in [0.2, 0.25) is 0 Å². The topological polar surface area (TPSA) is 95.1 Å². The molecule has 0 fully saturated rings. The number of ether oxygens (including phenoxy) is 1. The summed E-state index contributed by atoms with van der Waals surface area (Å²) in [6.45, 7) is 1.10. The van der Waals surface area contributed by atoms with Crippen LogP contribution in [0.2, 0.25) is 0 Å². The van der Waals surface area contributed by atoms with Crippen molar-refractivity contribution < 1.29 is 13.9 Å². The molecule has 0 aromatic carbocycles. The summed E-state index contributed by atoms with van der Waals surface area (Å²) in [6, 6.07) is 7.34. The van der Waals surface area contributed by atoms with Crippen LogP contribution in [0.25, 0.3) is 11.4 Å². The summed E-state index contributed by atoms with van der Waals surface area (Å²) < 4.78 is 12.7. The summed E-state index contributed by atoms with van der Waals surface area (Å²) in [6.07, 6.45) is 5.87. The molecule has 3 aromatic heterocycles. The highest BCUT2D eigenvalue weighted by Crippen LogP contribution is 2.22. The summed E-state index contributed by atoms with van der Waals surface area (Å²) in [5.41, 5.74) is 0.993. The number of carbonyl (C=O) groups excluding carboxylic acids is 1. The van der Waals surface area contributed by atoms with E-state index in [4.69, 9.17) is 9.15 Å². The number of aromatic nitrogens is 4. The van der Waals surface area contributed by atoms with E-state index in [1.807, 2.05) is 12.1 Å². The number of hydrogen-bond donors (Lipinski definition) is 1. The fourth-order valence-corrected chi connectivity index (χ4v) is 3.32. The first-order valence-corrected chi connectivity index (χ1v) is 8.95. The zero-order valence-corrected chi connectivity index (χ0v) is 15.1. The molecule has 27 heavy (non-hydrogen) atoms. The number of carbonyl (C=O) groups is 1. The number of amides is 1. The molecule has 0 spiro atoms. The molecular weight excluding hydrogens is 346 g/mol. The molecule has 0 bridgehead atoms. The predicted molar refractivity (Wildman–Crippen MR) is 96.9 cm³/mol. The first-order chi connectivity index (χ1) is 13.2. The number of rotatable bonds is 5. The van der Waals surface area contributed by atoms with Crippen LogP contribution in [0, 0.1) is 0 Å². The van der Waals surface area contributed by atoms with Gasteiger partial charge in [0.1, 0.15) is 18.2 Å². The Kier molecular flexibility index (Phi) is 4.97. The smallest absolute Gasteiger partial charge is 0.287 e. The number of aryl methyl sites for hydroxylation is 1. The average molecular weight is 367 g/mol. The van der Waals surface area contributed by atoms with Gasteiger partial charge in [-0.25, -0.2) is 0 Å². The van der Waals surface area contributed by atoms with Crippen LogP contribution >= 0.6 is 0 Å². The number of hydrogen-bond acceptors (Lipinski definition) is 6. The van der Waals surface area contributed by atoms with Crippen molar-refractivity contribution in [3.05, 3.63) is 54.0 Å². The standard InChI is InChI=1S/C19H21N5O3/c1-26-12-15-3-4-16(27-15)19(25)21-14-2-5-17-22-23-18(24(17)11-8-14)13-6-9-20-10-7-13/h3-4,6-7,9-10,14H,2,5,8,11-12H2,1H3,(H,21,25). The first kappa shape index (κ1) is 17.4. The molecular formula is C19H21N5O3. The van der Waals surface area contributed by atoms with E-state index in [1.165, 1.54) is 0 Å². The molecule has 8 heteroatoms. The zero-order chi connectivity index (χ0) is 18.6. The molecule has 1 aliphatic rings. The molecule has 0 aliphatic carbocycles. The Labute approximate surface area is 156 Å². The molecule has 3 aromatic rings. The molecule has 1 aliphatic heterocycles. The van der Waals surface area contributed by atoms with E-state index in [2.05, 4.69) is 25.1 Å². The van der Waals surface area contributed by atoms with Crippen molar-refractivity contribution in [3.63, 3.8) is 0 Å². The van der Waals surface area contributed by atoms with E-state index in [9.17, 15) is 4.79 Å². The second-order valence-corrected chi connectivity index (χ2v) is 6.52. The van der Waals surface area contributed by atoms with E-state index in [-0.39, 0.29) is 11.9 Å². The Balaban J connectivity index is 1.43. The predicted octanol–water partition coefficient (Wildman–Crippen LogP) is 2.21. The van der Waals surface area contributed by atoms with E-state index < -0.39 is 0 Å². The van der Waals surface area contributed by atoms with Gasteiger partial charge in [-0.05, 0) is 37.1 Å². The number of furan rings is 1. The Morgan fingerprint density at radius 2 is 2.11 bits per heavy atom. The first-order valence-electron chi connectivity index (χ1n) is 8.95. The largest absolute Gasteiger partial charge is 0.453 e. The van der Waals surface area contributed by atoms with Gasteiger partial charge in [0, 0.05) is 44.1 Å². The number of fused-ring (bicyclic) bond motifs is 1. The minimum absolute atomic E-state index is 0.0560. The molecule has 140 valence electrons. The molecule has 0 radical (unpaired) electrons. The molecule has 4 heterocycles. The highest BCUT2D eigenvalue weighted by molar-refractivity contribution is 5.91. The fraction of sp³-hybridized carbons (Fsp3) is 0.368. The fourth-order valence-electron chi connectivity index (χ4n) is 3.32. The third kappa shape index (κ3) is 3.75. The van der Waals surface area contributed by atoms with Gasteiger partial charge in [-0.15, -0.1) is 10.2 Å². The van der Waals surface area contributed by atoms with Crippen molar-refractivity contribution in [3.8, 4) is 11.4 Å². The van der Waals surface area contributed by atoms with E-state index in [1.54, 1.807) is 31.6 Å². The van der Waals surface area contributed by atoms with Crippen LogP contribution in [0.3, 0.4) is 0 Å². The molecule has 1 N–H and O–H groups in total. The summed E-state index contributed by atoms with van der Waals surface area (Å²) in [4.78, 5) is 16.5. The van der Waals surface area contributed by atoms with Crippen molar-refractivity contribution in [1.29, 1.82) is 0 Å². The van der Waals surface area contributed by atoms with Gasteiger partial charge in [-0.3, -0.25) is 9.78 Å². The van der Waals surface area contributed by atoms with E-state index >= 15 is 0 Å². The second-order valence-electron chi connectivity index (χ2n) is 6.52. The molecule has 1 unspecified atom stereocenters. The van der Waals surface area contributed by atoms with Crippen molar-refractivity contribution in [1.82, 2.24) is 25.1 Å². The van der Waals surface area contributed by atoms with Crippen molar-refractivity contribution in [2.45, 2.75) is 38.5 Å². The van der Waals surface area contributed by atoms with Crippen LogP contribution in [0.4, 0.5) is 0 Å². The third-order valence-electron chi connectivity index (χ3n) is 4.69. The van der Waals surface area contributed by atoms with Crippen molar-refractivity contribution in [2.75, 3.05) is 7.11 Å².